The predicted octanol–water partition coefficient (Wildman–Crippen LogP) is 2.46. The summed E-state index contributed by atoms with van der Waals surface area (Å²) in [5.41, 5.74) is -2.71. The Morgan fingerprint density at radius 3 is 2.26 bits per heavy atom. The molecule has 4 aliphatic rings. The summed E-state index contributed by atoms with van der Waals surface area (Å²) in [5.74, 6) is -4.63. The van der Waals surface area contributed by atoms with E-state index in [1.54, 1.807) is 63.6 Å². The molecule has 0 spiro atoms. The van der Waals surface area contributed by atoms with E-state index in [0.29, 0.717) is 25.9 Å². The largest absolute Gasteiger partial charge is 0.459 e. The van der Waals surface area contributed by atoms with Crippen LogP contribution in [-0.4, -0.2) is 178 Å². The van der Waals surface area contributed by atoms with Crippen molar-refractivity contribution in [3.8, 4) is 0 Å². The van der Waals surface area contributed by atoms with Gasteiger partial charge >= 0.3 is 5.97 Å². The number of fused-ring (bicyclic) bond motifs is 2. The molecule has 19 nitrogen and oxygen atoms in total. The average Bonchev–Trinajstić information content (AvgIpc) is 3.92. The number of likely N-dealkylation sites (N-methyl/N-ethyl adjacent to an activating group) is 1. The first-order chi connectivity index (χ1) is 31.7. The number of aromatic nitrogens is 3. The smallest absolute Gasteiger partial charge is 0.311 e. The highest BCUT2D eigenvalue weighted by atomic mass is 32.2. The third-order valence-electron chi connectivity index (χ3n) is 15.2. The molecular formula is C48H76N4O15S. The topological polar surface area (TPSA) is 248 Å². The summed E-state index contributed by atoms with van der Waals surface area (Å²) >= 11 is 0. The summed E-state index contributed by atoms with van der Waals surface area (Å²) in [6.07, 6.45) is -5.93. The van der Waals surface area contributed by atoms with Crippen LogP contribution in [0.1, 0.15) is 99.3 Å². The maximum Gasteiger partial charge on any atom is 0.311 e. The molecule has 0 unspecified atom stereocenters. The van der Waals surface area contributed by atoms with E-state index in [1.165, 1.54) is 20.3 Å². The van der Waals surface area contributed by atoms with Crippen molar-refractivity contribution < 1.29 is 71.6 Å². The number of hydrogen-bond donors (Lipinski definition) is 4. The molecule has 4 fully saturated rings. The number of aliphatic hydroxyl groups excluding tert-OH is 3. The maximum absolute atomic E-state index is 14.4. The number of esters is 1. The molecule has 4 aliphatic heterocycles. The van der Waals surface area contributed by atoms with E-state index in [4.69, 9.17) is 33.2 Å². The number of carbonyl (C=O) groups excluding carboxylic acids is 2. The van der Waals surface area contributed by atoms with Gasteiger partial charge in [-0.05, 0) is 85.5 Å². The lowest BCUT2D eigenvalue weighted by molar-refractivity contribution is -0.317. The van der Waals surface area contributed by atoms with Gasteiger partial charge in [0.15, 0.2) is 22.4 Å². The molecule has 0 saturated carbocycles. The molecule has 2 bridgehead atoms. The van der Waals surface area contributed by atoms with Crippen molar-refractivity contribution in [3.63, 3.8) is 0 Å². The van der Waals surface area contributed by atoms with Crippen molar-refractivity contribution >= 4 is 21.6 Å². The number of ketones is 1. The first-order valence-electron chi connectivity index (χ1n) is 23.9. The number of nitrogens with zero attached hydrogens (tertiary/aromatic N) is 4. The Labute approximate surface area is 401 Å². The highest BCUT2D eigenvalue weighted by Gasteiger charge is 2.56. The molecule has 2 aromatic rings. The number of Topliss-reactive ketones (excluding diaryl/α,β-unsaturated/α-hetero) is 1. The SMILES string of the molecule is CC[C@H]1OC(=O)[C@H](C)[C@@H](O[C@H]2C[C@@](C)(OC)[C@@H](O)[C@H](C)O2)[C@H](C)[C@@H](O[C@@H]2O[C@H](C)C[C@H](N(C)CCc3cn(Cc4ccc(S(C)(=O)=O)cc4)nn3)[C@H]2O)[C@@]2(C)C[C@@H](CO2)C(=O)[C@H](C)[C@@H](O)[C@]1(C)O. The molecule has 68 heavy (non-hydrogen) atoms. The summed E-state index contributed by atoms with van der Waals surface area (Å²) in [6, 6.07) is 6.19. The van der Waals surface area contributed by atoms with Gasteiger partial charge in [-0.2, -0.15) is 0 Å². The first kappa shape index (κ1) is 54.3. The molecule has 4 saturated heterocycles. The zero-order valence-electron chi connectivity index (χ0n) is 41.7. The standard InChI is InChI=1S/C48H76N4O15S/c1-13-36-48(9,58)41(55)27(3)38(53)32-21-47(8,62-25-32)43(28(4)40(29(5)44(57)65-36)66-37-22-46(7,61-11)42(56)30(6)64-37)67-45-39(54)35(20-26(2)63-45)51(10)19-18-33-24-52(50-49-33)23-31-14-16-34(17-15-31)68(12,59)60/h14-17,24,26-30,32,35-37,39-43,45,54-56,58H,13,18-23,25H2,1-12H3/t26-,27+,28+,29-,30+,32+,35+,36-,37+,39-,40+,41-,42+,43-,45+,46-,47-,48-/m1/s1. The molecule has 20 heteroatoms. The van der Waals surface area contributed by atoms with Crippen molar-refractivity contribution in [2.45, 2.75) is 190 Å². The van der Waals surface area contributed by atoms with Crippen LogP contribution in [0.3, 0.4) is 0 Å². The lowest BCUT2D eigenvalue weighted by Crippen LogP contribution is -2.61. The number of hydrogen-bond acceptors (Lipinski definition) is 18. The monoisotopic (exact) mass is 981 g/mol. The minimum absolute atomic E-state index is 0.0158. The second-order valence-electron chi connectivity index (χ2n) is 20.6. The number of aliphatic hydroxyl groups is 4. The molecular weight excluding hydrogens is 905 g/mol. The van der Waals surface area contributed by atoms with Gasteiger partial charge in [-0.15, -0.1) is 5.10 Å². The van der Waals surface area contributed by atoms with Crippen LogP contribution in [0.25, 0.3) is 0 Å². The van der Waals surface area contributed by atoms with Gasteiger partial charge in [-0.3, -0.25) is 9.59 Å². The summed E-state index contributed by atoms with van der Waals surface area (Å²) < 4.78 is 70.3. The fourth-order valence-corrected chi connectivity index (χ4v) is 11.3. The summed E-state index contributed by atoms with van der Waals surface area (Å²) in [4.78, 5) is 30.9. The number of sulfone groups is 1. The Morgan fingerprint density at radius 2 is 1.63 bits per heavy atom. The van der Waals surface area contributed by atoms with Gasteiger partial charge in [-0.25, -0.2) is 13.1 Å². The zero-order valence-corrected chi connectivity index (χ0v) is 42.5. The van der Waals surface area contributed by atoms with Crippen molar-refractivity contribution in [1.29, 1.82) is 0 Å². The van der Waals surface area contributed by atoms with E-state index in [2.05, 4.69) is 10.3 Å². The van der Waals surface area contributed by atoms with Gasteiger partial charge in [0.05, 0.1) is 71.4 Å². The second-order valence-corrected chi connectivity index (χ2v) is 22.6. The van der Waals surface area contributed by atoms with Crippen LogP contribution >= 0.6 is 0 Å². The number of benzene rings is 1. The minimum Gasteiger partial charge on any atom is -0.459 e. The van der Waals surface area contributed by atoms with E-state index in [0.717, 1.165) is 11.3 Å². The Balaban J connectivity index is 1.27. The minimum atomic E-state index is -3.32. The molecule has 0 aliphatic carbocycles. The Kier molecular flexibility index (Phi) is 17.1. The zero-order chi connectivity index (χ0) is 50.3. The van der Waals surface area contributed by atoms with E-state index >= 15 is 0 Å². The van der Waals surface area contributed by atoms with E-state index in [9.17, 15) is 38.4 Å². The third kappa shape index (κ3) is 11.7. The van der Waals surface area contributed by atoms with Crippen LogP contribution in [-0.2, 0) is 65.5 Å². The second kappa shape index (κ2) is 21.4. The molecule has 1 aromatic heterocycles. The summed E-state index contributed by atoms with van der Waals surface area (Å²) in [6.45, 7) is 16.2. The van der Waals surface area contributed by atoms with Gasteiger partial charge in [-0.1, -0.05) is 38.1 Å². The highest BCUT2D eigenvalue weighted by molar-refractivity contribution is 7.90. The van der Waals surface area contributed by atoms with E-state index < -0.39 is 118 Å². The Morgan fingerprint density at radius 1 is 0.956 bits per heavy atom. The fourth-order valence-electron chi connectivity index (χ4n) is 10.7. The van der Waals surface area contributed by atoms with E-state index in [-0.39, 0.29) is 42.7 Å². The molecule has 4 N–H and O–H groups in total. The van der Waals surface area contributed by atoms with Crippen molar-refractivity contribution in [2.75, 3.05) is 33.6 Å². The average molecular weight is 981 g/mol. The van der Waals surface area contributed by atoms with Crippen LogP contribution in [0, 0.1) is 23.7 Å². The molecule has 1 aromatic carbocycles. The van der Waals surface area contributed by atoms with Gasteiger partial charge < -0.3 is 58.5 Å². The quantitative estimate of drug-likeness (QED) is 0.211. The van der Waals surface area contributed by atoms with Gasteiger partial charge in [0, 0.05) is 62.7 Å². The molecule has 18 atom stereocenters. The first-order valence-corrected chi connectivity index (χ1v) is 25.8. The maximum atomic E-state index is 14.4. The summed E-state index contributed by atoms with van der Waals surface area (Å²) in [5, 5.41) is 55.2. The van der Waals surface area contributed by atoms with Crippen LogP contribution in [0.4, 0.5) is 0 Å². The molecule has 384 valence electrons. The molecule has 0 radical (unpaired) electrons. The Bertz CT molecular complexity index is 2140. The fraction of sp³-hybridized carbons (Fsp3) is 0.792. The Hall–Kier alpha value is -2.99. The number of methoxy groups -OCH3 is 1. The normalized spacial score (nSPS) is 41.1. The number of carbonyl (C=O) groups is 2. The van der Waals surface area contributed by atoms with Gasteiger partial charge in [0.1, 0.15) is 29.7 Å². The lowest BCUT2D eigenvalue weighted by Gasteiger charge is -2.49. The number of rotatable bonds is 13. The lowest BCUT2D eigenvalue weighted by atomic mass is 9.75. The molecule has 0 amide bonds. The van der Waals surface area contributed by atoms with Crippen molar-refractivity contribution in [1.82, 2.24) is 19.9 Å². The third-order valence-corrected chi connectivity index (χ3v) is 16.3. The van der Waals surface area contributed by atoms with Crippen molar-refractivity contribution in [3.05, 3.63) is 41.7 Å². The molecule has 5 heterocycles. The number of ether oxygens (including phenoxy) is 7. The van der Waals surface area contributed by atoms with Gasteiger partial charge in [0.25, 0.3) is 0 Å². The number of cyclic esters (lactones) is 1. The van der Waals surface area contributed by atoms with Gasteiger partial charge in [0.2, 0.25) is 0 Å². The van der Waals surface area contributed by atoms with E-state index in [1.807, 2.05) is 38.9 Å². The summed E-state index contributed by atoms with van der Waals surface area (Å²) in [7, 11) is 0.0842. The van der Waals surface area contributed by atoms with Crippen LogP contribution in [0.5, 0.6) is 0 Å². The van der Waals surface area contributed by atoms with Crippen LogP contribution in [0.2, 0.25) is 0 Å². The van der Waals surface area contributed by atoms with Crippen LogP contribution in [0.15, 0.2) is 35.4 Å². The van der Waals surface area contributed by atoms with Crippen molar-refractivity contribution in [2.24, 2.45) is 23.7 Å². The highest BCUT2D eigenvalue weighted by Crippen LogP contribution is 2.44. The molecule has 6 rings (SSSR count). The predicted molar refractivity (Wildman–Crippen MR) is 246 cm³/mol. The van der Waals surface area contributed by atoms with Crippen LogP contribution < -0.4 is 0 Å².